The van der Waals surface area contributed by atoms with Crippen molar-refractivity contribution < 1.29 is 32.2 Å². The zero-order valence-electron chi connectivity index (χ0n) is 19.9. The first-order valence-corrected chi connectivity index (χ1v) is 11.8. The summed E-state index contributed by atoms with van der Waals surface area (Å²) in [6.45, 7) is 7.19. The number of hydrogen-bond donors (Lipinski definition) is 1. The summed E-state index contributed by atoms with van der Waals surface area (Å²) in [7, 11) is 1.16. The normalized spacial score (nSPS) is 11.5. The van der Waals surface area contributed by atoms with Gasteiger partial charge in [-0.3, -0.25) is 14.9 Å². The Bertz CT molecular complexity index is 1280. The van der Waals surface area contributed by atoms with Gasteiger partial charge < -0.3 is 9.47 Å². The maximum absolute atomic E-state index is 13.4. The molecule has 2 aromatic heterocycles. The van der Waals surface area contributed by atoms with Gasteiger partial charge in [-0.05, 0) is 38.8 Å². The van der Waals surface area contributed by atoms with Crippen LogP contribution in [0.4, 0.5) is 18.0 Å². The van der Waals surface area contributed by atoms with Gasteiger partial charge in [0, 0.05) is 11.4 Å². The number of ether oxygens (including phenoxy) is 2. The van der Waals surface area contributed by atoms with Gasteiger partial charge in [-0.15, -0.1) is 0 Å². The van der Waals surface area contributed by atoms with Crippen molar-refractivity contribution in [3.8, 4) is 10.9 Å². The first-order chi connectivity index (χ1) is 16.8. The number of carbonyl (C=O) groups excluding carboxylic acids is 2. The van der Waals surface area contributed by atoms with Crippen molar-refractivity contribution in [1.29, 1.82) is 0 Å². The Kier molecular flexibility index (Phi) is 8.14. The number of nitrogens with one attached hydrogen (secondary N) is 1. The van der Waals surface area contributed by atoms with Crippen LogP contribution in [0.25, 0.3) is 0 Å². The van der Waals surface area contributed by atoms with Crippen molar-refractivity contribution in [3.05, 3.63) is 56.8 Å². The molecule has 0 aliphatic heterocycles. The number of hydrogen-bond acceptors (Lipinski definition) is 7. The number of benzene rings is 1. The van der Waals surface area contributed by atoms with Gasteiger partial charge in [-0.2, -0.15) is 23.3 Å². The highest BCUT2D eigenvalue weighted by Gasteiger charge is 2.35. The highest BCUT2D eigenvalue weighted by atomic mass is 35.5. The molecule has 2 heterocycles. The molecule has 36 heavy (non-hydrogen) atoms. The molecular formula is C22H23ClF3N5O4S. The molecule has 1 aromatic carbocycles. The average molecular weight is 546 g/mol. The molecule has 3 aromatic rings. The summed E-state index contributed by atoms with van der Waals surface area (Å²) in [6.07, 6.45) is -5.51. The summed E-state index contributed by atoms with van der Waals surface area (Å²) < 4.78 is 50.4. The number of methoxy groups -OCH3 is 1. The third-order valence-electron chi connectivity index (χ3n) is 4.95. The fraction of sp³-hybridized carbons (Fsp3) is 0.364. The van der Waals surface area contributed by atoms with Crippen LogP contribution in [0.5, 0.6) is 10.9 Å². The summed E-state index contributed by atoms with van der Waals surface area (Å²) in [5, 5.41) is 5.16. The van der Waals surface area contributed by atoms with Gasteiger partial charge in [0.2, 0.25) is 0 Å². The molecule has 0 saturated carbocycles. The van der Waals surface area contributed by atoms with Crippen LogP contribution in [-0.4, -0.2) is 38.9 Å². The highest BCUT2D eigenvalue weighted by molar-refractivity contribution is 7.11. The lowest BCUT2D eigenvalue weighted by atomic mass is 10.1. The molecule has 194 valence electrons. The molecule has 9 nitrogen and oxygen atoms in total. The zero-order valence-corrected chi connectivity index (χ0v) is 21.5. The monoisotopic (exact) mass is 545 g/mol. The van der Waals surface area contributed by atoms with E-state index in [1.807, 2.05) is 32.0 Å². The number of amides is 2. The van der Waals surface area contributed by atoms with E-state index in [4.69, 9.17) is 21.1 Å². The molecule has 0 saturated heterocycles. The van der Waals surface area contributed by atoms with Crippen molar-refractivity contribution in [1.82, 2.24) is 25.2 Å². The number of rotatable bonds is 6. The van der Waals surface area contributed by atoms with Crippen LogP contribution in [0, 0.1) is 13.8 Å². The Hall–Kier alpha value is -3.32. The second-order valence-electron chi connectivity index (χ2n) is 8.03. The second kappa shape index (κ2) is 10.7. The first-order valence-electron chi connectivity index (χ1n) is 10.5. The SMILES string of the molecule is COC(=O)N(Cc1ccc(C)cc1C)NC(=O)c1c(Oc2nc(C(F)(F)F)cs2)c(Cl)nn1C(C)C. The van der Waals surface area contributed by atoms with Crippen LogP contribution in [0.2, 0.25) is 5.15 Å². The Morgan fingerprint density at radius 2 is 1.97 bits per heavy atom. The summed E-state index contributed by atoms with van der Waals surface area (Å²) in [5.74, 6) is -1.15. The molecule has 1 N–H and O–H groups in total. The second-order valence-corrected chi connectivity index (χ2v) is 9.21. The smallest absolute Gasteiger partial charge is 0.434 e. The number of hydrazine groups is 1. The van der Waals surface area contributed by atoms with Gasteiger partial charge in [0.15, 0.2) is 22.3 Å². The van der Waals surface area contributed by atoms with Gasteiger partial charge in [0.05, 0.1) is 13.7 Å². The fourth-order valence-corrected chi connectivity index (χ4v) is 4.10. The van der Waals surface area contributed by atoms with E-state index >= 15 is 0 Å². The highest BCUT2D eigenvalue weighted by Crippen LogP contribution is 2.38. The molecule has 0 radical (unpaired) electrons. The van der Waals surface area contributed by atoms with E-state index in [0.29, 0.717) is 11.3 Å². The molecule has 14 heteroatoms. The van der Waals surface area contributed by atoms with E-state index in [2.05, 4.69) is 15.5 Å². The largest absolute Gasteiger partial charge is 0.452 e. The summed E-state index contributed by atoms with van der Waals surface area (Å²) >= 11 is 6.77. The third kappa shape index (κ3) is 6.08. The Morgan fingerprint density at radius 3 is 2.53 bits per heavy atom. The van der Waals surface area contributed by atoms with E-state index < -0.39 is 29.9 Å². The Morgan fingerprint density at radius 1 is 1.28 bits per heavy atom. The number of aromatic nitrogens is 3. The molecular weight excluding hydrogens is 523 g/mol. The van der Waals surface area contributed by atoms with E-state index in [1.165, 1.54) is 4.68 Å². The van der Waals surface area contributed by atoms with Crippen LogP contribution in [0.15, 0.2) is 23.6 Å². The van der Waals surface area contributed by atoms with E-state index in [1.54, 1.807) is 13.8 Å². The summed E-state index contributed by atoms with van der Waals surface area (Å²) in [5.41, 5.74) is 3.77. The molecule has 0 spiro atoms. The van der Waals surface area contributed by atoms with Gasteiger partial charge in [0.1, 0.15) is 0 Å². The minimum absolute atomic E-state index is 0.0221. The molecule has 0 atom stereocenters. The Balaban J connectivity index is 1.95. The topological polar surface area (TPSA) is 98.6 Å². The van der Waals surface area contributed by atoms with Crippen molar-refractivity contribution >= 4 is 34.9 Å². The van der Waals surface area contributed by atoms with Crippen LogP contribution in [0.3, 0.4) is 0 Å². The summed E-state index contributed by atoms with van der Waals surface area (Å²) in [4.78, 5) is 29.2. The molecule has 0 fully saturated rings. The number of halogens is 4. The van der Waals surface area contributed by atoms with Crippen LogP contribution in [0.1, 0.15) is 52.8 Å². The molecule has 0 bridgehead atoms. The lowest BCUT2D eigenvalue weighted by Gasteiger charge is -2.23. The standard InChI is InChI=1S/C22H23ClF3N5O4S/c1-11(2)31-16(17(18(23)28-31)35-20-27-15(10-36-20)22(24,25)26)19(32)29-30(21(33)34-5)9-14-7-6-12(3)8-13(14)4/h6-8,10-11H,9H2,1-5H3,(H,29,32). The lowest BCUT2D eigenvalue weighted by Crippen LogP contribution is -2.46. The molecule has 3 rings (SSSR count). The lowest BCUT2D eigenvalue weighted by molar-refractivity contribution is -0.140. The minimum atomic E-state index is -4.67. The fourth-order valence-electron chi connectivity index (χ4n) is 3.21. The van der Waals surface area contributed by atoms with Crippen molar-refractivity contribution in [3.63, 3.8) is 0 Å². The maximum Gasteiger partial charge on any atom is 0.434 e. The molecule has 2 amide bonds. The van der Waals surface area contributed by atoms with Crippen molar-refractivity contribution in [2.75, 3.05) is 7.11 Å². The number of carbonyl (C=O) groups is 2. The van der Waals surface area contributed by atoms with Crippen molar-refractivity contribution in [2.24, 2.45) is 0 Å². The molecule has 0 aliphatic carbocycles. The van der Waals surface area contributed by atoms with Gasteiger partial charge in [-0.1, -0.05) is 46.7 Å². The number of thiazole rings is 1. The van der Waals surface area contributed by atoms with Gasteiger partial charge >= 0.3 is 12.3 Å². The molecule has 0 unspecified atom stereocenters. The van der Waals surface area contributed by atoms with Gasteiger partial charge in [-0.25, -0.2) is 9.80 Å². The number of aryl methyl sites for hydroxylation is 2. The predicted octanol–water partition coefficient (Wildman–Crippen LogP) is 5.92. The number of nitrogens with zero attached hydrogens (tertiary/aromatic N) is 4. The van der Waals surface area contributed by atoms with Crippen LogP contribution >= 0.6 is 22.9 Å². The van der Waals surface area contributed by atoms with Crippen LogP contribution < -0.4 is 10.2 Å². The molecule has 0 aliphatic rings. The average Bonchev–Trinajstić information content (AvgIpc) is 3.39. The summed E-state index contributed by atoms with van der Waals surface area (Å²) in [6, 6.07) is 5.21. The first kappa shape index (κ1) is 27.3. The minimum Gasteiger partial charge on any atom is -0.452 e. The predicted molar refractivity (Wildman–Crippen MR) is 126 cm³/mol. The maximum atomic E-state index is 13.4. The third-order valence-corrected chi connectivity index (χ3v) is 5.92. The Labute approximate surface area is 213 Å². The van der Waals surface area contributed by atoms with E-state index in [0.717, 1.165) is 34.2 Å². The van der Waals surface area contributed by atoms with Gasteiger partial charge in [0.25, 0.3) is 11.1 Å². The quantitative estimate of drug-likeness (QED) is 0.386. The van der Waals surface area contributed by atoms with E-state index in [-0.39, 0.29) is 28.3 Å². The van der Waals surface area contributed by atoms with Crippen molar-refractivity contribution in [2.45, 2.75) is 46.5 Å². The zero-order chi connectivity index (χ0) is 26.8. The van der Waals surface area contributed by atoms with Crippen LogP contribution in [-0.2, 0) is 17.5 Å². The number of alkyl halides is 3. The van der Waals surface area contributed by atoms with E-state index in [9.17, 15) is 22.8 Å².